The molecule has 0 saturated heterocycles. The highest BCUT2D eigenvalue weighted by molar-refractivity contribution is 7.92. The maximum atomic E-state index is 14.2. The molecule has 1 aliphatic carbocycles. The topological polar surface area (TPSA) is 86.8 Å². The minimum Gasteiger partial charge on any atom is -0.352 e. The van der Waals surface area contributed by atoms with Crippen LogP contribution >= 0.6 is 11.6 Å². The van der Waals surface area contributed by atoms with Gasteiger partial charge in [0.2, 0.25) is 11.8 Å². The Hall–Kier alpha value is -3.36. The number of sulfonamides is 1. The van der Waals surface area contributed by atoms with Gasteiger partial charge in [-0.15, -0.1) is 0 Å². The maximum absolute atomic E-state index is 14.2. The van der Waals surface area contributed by atoms with E-state index in [0.29, 0.717) is 11.4 Å². The van der Waals surface area contributed by atoms with Gasteiger partial charge >= 0.3 is 0 Å². The average Bonchev–Trinajstić information content (AvgIpc) is 3.45. The van der Waals surface area contributed by atoms with Gasteiger partial charge < -0.3 is 10.2 Å². The highest BCUT2D eigenvalue weighted by Crippen LogP contribution is 2.27. The van der Waals surface area contributed by atoms with Crippen LogP contribution in [0.1, 0.15) is 55.7 Å². The number of hydrogen-bond acceptors (Lipinski definition) is 4. The minimum absolute atomic E-state index is 0.0620. The molecule has 1 aliphatic rings. The van der Waals surface area contributed by atoms with Gasteiger partial charge in [0, 0.05) is 17.6 Å². The Morgan fingerprint density at radius 3 is 2.15 bits per heavy atom. The number of nitrogens with zero attached hydrogens (tertiary/aromatic N) is 2. The number of amides is 2. The number of benzene rings is 3. The number of halogens is 1. The summed E-state index contributed by atoms with van der Waals surface area (Å²) in [7, 11) is -4.14. The molecule has 0 heterocycles. The third-order valence-electron chi connectivity index (χ3n) is 7.55. The zero-order chi connectivity index (χ0) is 29.6. The maximum Gasteiger partial charge on any atom is 0.264 e. The Kier molecular flexibility index (Phi) is 10.1. The zero-order valence-corrected chi connectivity index (χ0v) is 25.4. The molecule has 2 amide bonds. The van der Waals surface area contributed by atoms with Crippen molar-refractivity contribution in [2.75, 3.05) is 10.8 Å². The van der Waals surface area contributed by atoms with Gasteiger partial charge in [0.15, 0.2) is 0 Å². The Bertz CT molecular complexity index is 1450. The number of carbonyl (C=O) groups is 2. The molecular formula is C32H38ClN3O4S. The fourth-order valence-electron chi connectivity index (χ4n) is 5.17. The van der Waals surface area contributed by atoms with Crippen LogP contribution in [-0.2, 0) is 26.2 Å². The summed E-state index contributed by atoms with van der Waals surface area (Å²) >= 11 is 6.25. The minimum atomic E-state index is -4.14. The van der Waals surface area contributed by atoms with E-state index in [0.717, 1.165) is 46.7 Å². The van der Waals surface area contributed by atoms with Crippen LogP contribution in [0.15, 0.2) is 77.7 Å². The monoisotopic (exact) mass is 595 g/mol. The van der Waals surface area contributed by atoms with Crippen molar-refractivity contribution in [2.45, 2.75) is 76.4 Å². The van der Waals surface area contributed by atoms with E-state index in [1.54, 1.807) is 30.3 Å². The van der Waals surface area contributed by atoms with Gasteiger partial charge in [-0.1, -0.05) is 85.0 Å². The van der Waals surface area contributed by atoms with Crippen LogP contribution < -0.4 is 9.62 Å². The molecule has 3 aromatic rings. The molecule has 9 heteroatoms. The fraction of sp³-hybridized carbons (Fsp3) is 0.375. The first kappa shape index (κ1) is 30.6. The third-order valence-corrected chi connectivity index (χ3v) is 9.57. The number of anilines is 1. The van der Waals surface area contributed by atoms with Crippen LogP contribution in [0.2, 0.25) is 5.02 Å². The first-order valence-corrected chi connectivity index (χ1v) is 15.9. The smallest absolute Gasteiger partial charge is 0.264 e. The summed E-state index contributed by atoms with van der Waals surface area (Å²) in [6.07, 6.45) is 4.37. The fourth-order valence-corrected chi connectivity index (χ4v) is 6.77. The molecule has 0 spiro atoms. The summed E-state index contributed by atoms with van der Waals surface area (Å²) in [4.78, 5) is 29.3. The Morgan fingerprint density at radius 2 is 1.56 bits per heavy atom. The Balaban J connectivity index is 1.71. The lowest BCUT2D eigenvalue weighted by Crippen LogP contribution is -2.53. The number of aryl methyl sites for hydroxylation is 2. The zero-order valence-electron chi connectivity index (χ0n) is 23.8. The van der Waals surface area contributed by atoms with E-state index in [2.05, 4.69) is 5.32 Å². The van der Waals surface area contributed by atoms with Crippen molar-refractivity contribution in [3.63, 3.8) is 0 Å². The molecule has 1 atom stereocenters. The highest BCUT2D eigenvalue weighted by atomic mass is 35.5. The largest absolute Gasteiger partial charge is 0.352 e. The lowest BCUT2D eigenvalue weighted by Gasteiger charge is -2.34. The van der Waals surface area contributed by atoms with E-state index in [9.17, 15) is 18.0 Å². The first-order chi connectivity index (χ1) is 19.6. The lowest BCUT2D eigenvalue weighted by atomic mass is 10.1. The molecule has 3 aromatic carbocycles. The summed E-state index contributed by atoms with van der Waals surface area (Å²) < 4.78 is 29.0. The number of rotatable bonds is 11. The average molecular weight is 596 g/mol. The molecule has 0 bridgehead atoms. The third kappa shape index (κ3) is 7.68. The van der Waals surface area contributed by atoms with Crippen molar-refractivity contribution in [3.8, 4) is 0 Å². The van der Waals surface area contributed by atoms with Gasteiger partial charge in [-0.05, 0) is 69.0 Å². The summed E-state index contributed by atoms with van der Waals surface area (Å²) in [6.45, 7) is 5.40. The van der Waals surface area contributed by atoms with Gasteiger partial charge in [0.25, 0.3) is 10.0 Å². The first-order valence-electron chi connectivity index (χ1n) is 14.1. The van der Waals surface area contributed by atoms with Crippen LogP contribution in [0.25, 0.3) is 0 Å². The predicted octanol–water partition coefficient (Wildman–Crippen LogP) is 6.02. The second-order valence-corrected chi connectivity index (χ2v) is 13.0. The van der Waals surface area contributed by atoms with E-state index in [1.165, 1.54) is 23.1 Å². The SMILES string of the molecule is CC[C@@H](C(=O)NC1CCCC1)N(Cc1ccc(C)cc1)C(=O)CN(c1cccc(Cl)c1)S(=O)(=O)c1ccc(C)cc1. The summed E-state index contributed by atoms with van der Waals surface area (Å²) in [5.74, 6) is -0.690. The van der Waals surface area contributed by atoms with Crippen LogP contribution in [0.5, 0.6) is 0 Å². The quantitative estimate of drug-likeness (QED) is 0.294. The van der Waals surface area contributed by atoms with Crippen LogP contribution in [-0.4, -0.2) is 43.8 Å². The van der Waals surface area contributed by atoms with Crippen molar-refractivity contribution in [2.24, 2.45) is 0 Å². The van der Waals surface area contributed by atoms with Gasteiger partial charge in [-0.3, -0.25) is 13.9 Å². The van der Waals surface area contributed by atoms with Gasteiger partial charge in [0.05, 0.1) is 10.6 Å². The van der Waals surface area contributed by atoms with Crippen molar-refractivity contribution in [3.05, 3.63) is 94.5 Å². The standard InChI is InChI=1S/C32H38ClN3O4S/c1-4-30(32(38)34-27-9-5-6-10-27)35(21-25-16-12-23(2)13-17-25)31(37)22-36(28-11-7-8-26(33)20-28)41(39,40)29-18-14-24(3)15-19-29/h7-8,11-20,27,30H,4-6,9-10,21-22H2,1-3H3,(H,34,38)/t30-/m0/s1. The number of hydrogen-bond donors (Lipinski definition) is 1. The van der Waals surface area contributed by atoms with Crippen molar-refractivity contribution < 1.29 is 18.0 Å². The van der Waals surface area contributed by atoms with Crippen LogP contribution in [0, 0.1) is 13.8 Å². The molecule has 4 rings (SSSR count). The van der Waals surface area contributed by atoms with E-state index in [4.69, 9.17) is 11.6 Å². The molecule has 0 radical (unpaired) electrons. The molecule has 7 nitrogen and oxygen atoms in total. The molecule has 41 heavy (non-hydrogen) atoms. The van der Waals surface area contributed by atoms with Gasteiger partial charge in [-0.25, -0.2) is 8.42 Å². The highest BCUT2D eigenvalue weighted by Gasteiger charge is 2.34. The van der Waals surface area contributed by atoms with E-state index in [1.807, 2.05) is 45.0 Å². The van der Waals surface area contributed by atoms with Crippen molar-refractivity contribution in [1.82, 2.24) is 10.2 Å². The summed E-state index contributed by atoms with van der Waals surface area (Å²) in [6, 6.07) is 20.0. The predicted molar refractivity (Wildman–Crippen MR) is 163 cm³/mol. The van der Waals surface area contributed by atoms with E-state index < -0.39 is 28.5 Å². The molecule has 1 N–H and O–H groups in total. The van der Waals surface area contributed by atoms with Crippen LogP contribution in [0.3, 0.4) is 0 Å². The molecule has 0 aromatic heterocycles. The van der Waals surface area contributed by atoms with Crippen molar-refractivity contribution in [1.29, 1.82) is 0 Å². The number of carbonyl (C=O) groups excluding carboxylic acids is 2. The van der Waals surface area contributed by atoms with Gasteiger partial charge in [0.1, 0.15) is 12.6 Å². The second kappa shape index (κ2) is 13.5. The normalized spacial score (nSPS) is 14.4. The van der Waals surface area contributed by atoms with E-state index >= 15 is 0 Å². The van der Waals surface area contributed by atoms with E-state index in [-0.39, 0.29) is 29.1 Å². The summed E-state index contributed by atoms with van der Waals surface area (Å²) in [5.41, 5.74) is 3.11. The Morgan fingerprint density at radius 1 is 0.951 bits per heavy atom. The molecule has 0 aliphatic heterocycles. The molecule has 0 unspecified atom stereocenters. The van der Waals surface area contributed by atoms with Crippen molar-refractivity contribution >= 4 is 39.1 Å². The number of nitrogens with one attached hydrogen (secondary N) is 1. The second-order valence-electron chi connectivity index (χ2n) is 10.7. The molecular weight excluding hydrogens is 558 g/mol. The molecule has 218 valence electrons. The van der Waals surface area contributed by atoms with Crippen LogP contribution in [0.4, 0.5) is 5.69 Å². The Labute approximate surface area is 248 Å². The molecule has 1 saturated carbocycles. The van der Waals surface area contributed by atoms with Gasteiger partial charge in [-0.2, -0.15) is 0 Å². The molecule has 1 fully saturated rings. The lowest BCUT2D eigenvalue weighted by molar-refractivity contribution is -0.140. The summed E-state index contributed by atoms with van der Waals surface area (Å²) in [5, 5.41) is 3.48.